The van der Waals surface area contributed by atoms with Crippen molar-refractivity contribution in [1.82, 2.24) is 9.78 Å². The van der Waals surface area contributed by atoms with Crippen LogP contribution in [0.25, 0.3) is 0 Å². The van der Waals surface area contributed by atoms with Crippen molar-refractivity contribution >= 4 is 24.1 Å². The highest BCUT2D eigenvalue weighted by Gasteiger charge is 2.22. The van der Waals surface area contributed by atoms with Gasteiger partial charge in [0.05, 0.1) is 19.1 Å². The standard InChI is InChI=1S/C16H22N4O2.ClH/c1-12(15(17)13-6-4-3-5-7-13)16(21)18-14-8-9-20(19-14)10-11-22-2;/h3-9,12,15H,10-11,17H2,1-2H3,(H,18,19,21);1H. The number of halogens is 1. The maximum absolute atomic E-state index is 12.3. The minimum atomic E-state index is -0.355. The number of methoxy groups -OCH3 is 1. The summed E-state index contributed by atoms with van der Waals surface area (Å²) in [6.45, 7) is 3.03. The molecule has 0 aliphatic carbocycles. The van der Waals surface area contributed by atoms with Gasteiger partial charge in [0, 0.05) is 25.4 Å². The maximum atomic E-state index is 12.3. The van der Waals surface area contributed by atoms with Crippen molar-refractivity contribution < 1.29 is 9.53 Å². The van der Waals surface area contributed by atoms with Gasteiger partial charge in [-0.25, -0.2) is 0 Å². The fourth-order valence-electron chi connectivity index (χ4n) is 2.10. The number of ether oxygens (including phenoxy) is 1. The predicted octanol–water partition coefficient (Wildman–Crippen LogP) is 2.23. The zero-order chi connectivity index (χ0) is 15.9. The second-order valence-electron chi connectivity index (χ2n) is 5.17. The Kier molecular flexibility index (Phi) is 7.74. The van der Waals surface area contributed by atoms with Gasteiger partial charge in [-0.3, -0.25) is 9.48 Å². The zero-order valence-electron chi connectivity index (χ0n) is 13.3. The fourth-order valence-corrected chi connectivity index (χ4v) is 2.10. The summed E-state index contributed by atoms with van der Waals surface area (Å²) >= 11 is 0. The number of nitrogens with zero attached hydrogens (tertiary/aromatic N) is 2. The lowest BCUT2D eigenvalue weighted by atomic mass is 9.95. The molecule has 0 saturated heterocycles. The van der Waals surface area contributed by atoms with Gasteiger partial charge >= 0.3 is 0 Å². The number of carbonyl (C=O) groups is 1. The van der Waals surface area contributed by atoms with Crippen LogP contribution in [0.2, 0.25) is 0 Å². The second-order valence-corrected chi connectivity index (χ2v) is 5.17. The molecule has 1 amide bonds. The van der Waals surface area contributed by atoms with Gasteiger partial charge in [0.1, 0.15) is 0 Å². The van der Waals surface area contributed by atoms with E-state index in [-0.39, 0.29) is 30.3 Å². The van der Waals surface area contributed by atoms with Crippen molar-refractivity contribution in [2.75, 3.05) is 19.0 Å². The number of anilines is 1. The molecule has 0 radical (unpaired) electrons. The molecule has 23 heavy (non-hydrogen) atoms. The third-order valence-corrected chi connectivity index (χ3v) is 3.55. The molecule has 0 fully saturated rings. The number of carbonyl (C=O) groups excluding carboxylic acids is 1. The van der Waals surface area contributed by atoms with Crippen molar-refractivity contribution in [3.63, 3.8) is 0 Å². The zero-order valence-corrected chi connectivity index (χ0v) is 14.1. The molecule has 0 aliphatic rings. The minimum Gasteiger partial charge on any atom is -0.383 e. The van der Waals surface area contributed by atoms with Crippen LogP contribution in [0, 0.1) is 5.92 Å². The van der Waals surface area contributed by atoms with E-state index >= 15 is 0 Å². The average Bonchev–Trinajstić information content (AvgIpc) is 2.99. The number of aromatic nitrogens is 2. The van der Waals surface area contributed by atoms with Crippen LogP contribution in [-0.4, -0.2) is 29.4 Å². The molecule has 0 saturated carbocycles. The van der Waals surface area contributed by atoms with E-state index in [4.69, 9.17) is 10.5 Å². The number of benzene rings is 1. The molecule has 2 aromatic rings. The van der Waals surface area contributed by atoms with Crippen molar-refractivity contribution in [3.8, 4) is 0 Å². The van der Waals surface area contributed by atoms with Crippen LogP contribution in [0.4, 0.5) is 5.82 Å². The first kappa shape index (κ1) is 19.2. The summed E-state index contributed by atoms with van der Waals surface area (Å²) in [4.78, 5) is 12.3. The SMILES string of the molecule is COCCn1ccc(NC(=O)C(C)C(N)c2ccccc2)n1.Cl. The molecule has 3 N–H and O–H groups in total. The van der Waals surface area contributed by atoms with E-state index in [1.54, 1.807) is 24.1 Å². The third-order valence-electron chi connectivity index (χ3n) is 3.55. The van der Waals surface area contributed by atoms with Gasteiger partial charge in [-0.15, -0.1) is 12.4 Å². The molecule has 0 spiro atoms. The smallest absolute Gasteiger partial charge is 0.230 e. The molecule has 2 unspecified atom stereocenters. The van der Waals surface area contributed by atoms with E-state index in [0.717, 1.165) is 5.56 Å². The van der Waals surface area contributed by atoms with Crippen molar-refractivity contribution in [3.05, 3.63) is 48.2 Å². The Bertz CT molecular complexity index is 603. The summed E-state index contributed by atoms with van der Waals surface area (Å²) in [5.74, 6) is 0.0214. The van der Waals surface area contributed by atoms with Gasteiger partial charge in [0.2, 0.25) is 5.91 Å². The first-order valence-corrected chi connectivity index (χ1v) is 7.25. The van der Waals surface area contributed by atoms with Gasteiger partial charge in [-0.2, -0.15) is 5.10 Å². The number of nitrogens with one attached hydrogen (secondary N) is 1. The van der Waals surface area contributed by atoms with Crippen molar-refractivity contribution in [2.45, 2.75) is 19.5 Å². The Morgan fingerprint density at radius 3 is 2.70 bits per heavy atom. The first-order chi connectivity index (χ1) is 10.6. The molecular formula is C16H23ClN4O2. The van der Waals surface area contributed by atoms with E-state index in [0.29, 0.717) is 19.0 Å². The molecule has 6 nitrogen and oxygen atoms in total. The van der Waals surface area contributed by atoms with Gasteiger partial charge in [-0.1, -0.05) is 37.3 Å². The van der Waals surface area contributed by atoms with Crippen LogP contribution < -0.4 is 11.1 Å². The van der Waals surface area contributed by atoms with E-state index < -0.39 is 0 Å². The molecule has 1 aromatic heterocycles. The average molecular weight is 339 g/mol. The number of nitrogens with two attached hydrogens (primary N) is 1. The summed E-state index contributed by atoms with van der Waals surface area (Å²) in [6, 6.07) is 11.0. The number of hydrogen-bond donors (Lipinski definition) is 2. The molecule has 126 valence electrons. The molecule has 7 heteroatoms. The van der Waals surface area contributed by atoms with Crippen LogP contribution >= 0.6 is 12.4 Å². The fraction of sp³-hybridized carbons (Fsp3) is 0.375. The topological polar surface area (TPSA) is 82.2 Å². The molecule has 0 bridgehead atoms. The summed E-state index contributed by atoms with van der Waals surface area (Å²) in [5, 5.41) is 7.06. The third kappa shape index (κ3) is 5.35. The molecule has 1 heterocycles. The lowest BCUT2D eigenvalue weighted by molar-refractivity contribution is -0.120. The molecular weight excluding hydrogens is 316 g/mol. The Hall–Kier alpha value is -1.89. The summed E-state index contributed by atoms with van der Waals surface area (Å²) in [7, 11) is 1.64. The monoisotopic (exact) mass is 338 g/mol. The molecule has 2 rings (SSSR count). The minimum absolute atomic E-state index is 0. The highest BCUT2D eigenvalue weighted by Crippen LogP contribution is 2.20. The molecule has 2 atom stereocenters. The Labute approximate surface area is 142 Å². The molecule has 1 aromatic carbocycles. The van der Waals surface area contributed by atoms with Crippen molar-refractivity contribution in [2.24, 2.45) is 11.7 Å². The van der Waals surface area contributed by atoms with E-state index in [1.165, 1.54) is 0 Å². The van der Waals surface area contributed by atoms with Crippen LogP contribution in [0.1, 0.15) is 18.5 Å². The predicted molar refractivity (Wildman–Crippen MR) is 92.5 cm³/mol. The molecule has 0 aliphatic heterocycles. The number of rotatable bonds is 7. The van der Waals surface area contributed by atoms with Gasteiger partial charge in [0.25, 0.3) is 0 Å². The summed E-state index contributed by atoms with van der Waals surface area (Å²) < 4.78 is 6.71. The lowest BCUT2D eigenvalue weighted by Crippen LogP contribution is -2.30. The van der Waals surface area contributed by atoms with Gasteiger partial charge in [-0.05, 0) is 5.56 Å². The Balaban J connectivity index is 0.00000264. The summed E-state index contributed by atoms with van der Waals surface area (Å²) in [6.07, 6.45) is 1.80. The highest BCUT2D eigenvalue weighted by molar-refractivity contribution is 5.91. The van der Waals surface area contributed by atoms with E-state index in [1.807, 2.05) is 37.3 Å². The Morgan fingerprint density at radius 2 is 2.04 bits per heavy atom. The quantitative estimate of drug-likeness (QED) is 0.811. The summed E-state index contributed by atoms with van der Waals surface area (Å²) in [5.41, 5.74) is 7.10. The van der Waals surface area contributed by atoms with Crippen molar-refractivity contribution in [1.29, 1.82) is 0 Å². The van der Waals surface area contributed by atoms with E-state index in [9.17, 15) is 4.79 Å². The number of hydrogen-bond acceptors (Lipinski definition) is 4. The van der Waals surface area contributed by atoms with Crippen LogP contribution in [0.3, 0.4) is 0 Å². The van der Waals surface area contributed by atoms with Gasteiger partial charge < -0.3 is 15.8 Å². The van der Waals surface area contributed by atoms with Crippen LogP contribution in [0.5, 0.6) is 0 Å². The largest absolute Gasteiger partial charge is 0.383 e. The van der Waals surface area contributed by atoms with Gasteiger partial charge in [0.15, 0.2) is 5.82 Å². The normalized spacial score (nSPS) is 13.0. The number of amides is 1. The highest BCUT2D eigenvalue weighted by atomic mass is 35.5. The second kappa shape index (κ2) is 9.29. The van der Waals surface area contributed by atoms with E-state index in [2.05, 4.69) is 10.4 Å². The van der Waals surface area contributed by atoms with Crippen LogP contribution in [-0.2, 0) is 16.1 Å². The maximum Gasteiger partial charge on any atom is 0.230 e. The Morgan fingerprint density at radius 1 is 1.35 bits per heavy atom. The van der Waals surface area contributed by atoms with Crippen LogP contribution in [0.15, 0.2) is 42.6 Å². The first-order valence-electron chi connectivity index (χ1n) is 7.25. The lowest BCUT2D eigenvalue weighted by Gasteiger charge is -2.19.